The smallest absolute Gasteiger partial charge is 0.242 e. The molecule has 0 fully saturated rings. The molecule has 3 N–H and O–H groups in total. The number of guanidine groups is 1. The highest BCUT2D eigenvalue weighted by Gasteiger charge is 2.05. The third-order valence-corrected chi connectivity index (χ3v) is 4.50. The van der Waals surface area contributed by atoms with Gasteiger partial charge < -0.3 is 20.7 Å². The summed E-state index contributed by atoms with van der Waals surface area (Å²) in [6.07, 6.45) is 8.43. The SMILES string of the molecule is CCNC(=NCC(=O)NCc1ccc(OC)cc1)NCCC1=CCCCC1.I. The Morgan fingerprint density at radius 3 is 2.57 bits per heavy atom. The summed E-state index contributed by atoms with van der Waals surface area (Å²) in [5.41, 5.74) is 2.56. The number of nitrogens with one attached hydrogen (secondary N) is 3. The van der Waals surface area contributed by atoms with Crippen molar-refractivity contribution < 1.29 is 9.53 Å². The molecule has 0 spiro atoms. The lowest BCUT2D eigenvalue weighted by molar-refractivity contribution is -0.119. The molecule has 1 aliphatic carbocycles. The molecule has 1 aromatic rings. The number of halogens is 1. The number of aliphatic imine (C=N–C) groups is 1. The molecule has 0 unspecified atom stereocenters. The first-order valence-electron chi connectivity index (χ1n) is 9.81. The fourth-order valence-electron chi connectivity index (χ4n) is 2.97. The second kappa shape index (κ2) is 14.3. The number of amides is 1. The predicted octanol–water partition coefficient (Wildman–Crippen LogP) is 3.38. The number of methoxy groups -OCH3 is 1. The zero-order valence-electron chi connectivity index (χ0n) is 16.9. The average molecular weight is 500 g/mol. The monoisotopic (exact) mass is 500 g/mol. The Morgan fingerprint density at radius 2 is 1.93 bits per heavy atom. The van der Waals surface area contributed by atoms with Crippen LogP contribution in [-0.4, -0.2) is 38.6 Å². The van der Waals surface area contributed by atoms with E-state index in [1.165, 1.54) is 31.3 Å². The molecular formula is C21H33IN4O2. The maximum atomic E-state index is 12.1. The molecule has 0 atom stereocenters. The molecule has 0 aliphatic heterocycles. The maximum absolute atomic E-state index is 12.1. The summed E-state index contributed by atoms with van der Waals surface area (Å²) in [5, 5.41) is 9.39. The molecule has 156 valence electrons. The first-order chi connectivity index (χ1) is 13.2. The Morgan fingerprint density at radius 1 is 1.14 bits per heavy atom. The molecule has 1 aromatic carbocycles. The number of carbonyl (C=O) groups excluding carboxylic acids is 1. The summed E-state index contributed by atoms with van der Waals surface area (Å²) in [7, 11) is 1.64. The standard InChI is InChI=1S/C21H32N4O2.HI/c1-3-22-21(23-14-13-17-7-5-4-6-8-17)25-16-20(26)24-15-18-9-11-19(27-2)12-10-18;/h7,9-12H,3-6,8,13-16H2,1-2H3,(H,24,26)(H2,22,23,25);1H. The van der Waals surface area contributed by atoms with Gasteiger partial charge >= 0.3 is 0 Å². The fraction of sp³-hybridized carbons (Fsp3) is 0.524. The van der Waals surface area contributed by atoms with E-state index in [-0.39, 0.29) is 36.4 Å². The number of ether oxygens (including phenoxy) is 1. The van der Waals surface area contributed by atoms with Crippen LogP contribution in [0.15, 0.2) is 40.9 Å². The highest BCUT2D eigenvalue weighted by molar-refractivity contribution is 14.0. The van der Waals surface area contributed by atoms with Crippen LogP contribution in [0.5, 0.6) is 5.75 Å². The second-order valence-electron chi connectivity index (χ2n) is 6.60. The summed E-state index contributed by atoms with van der Waals surface area (Å²) in [6.45, 7) is 4.21. The van der Waals surface area contributed by atoms with E-state index in [2.05, 4.69) is 27.0 Å². The minimum absolute atomic E-state index is 0. The highest BCUT2D eigenvalue weighted by Crippen LogP contribution is 2.19. The lowest BCUT2D eigenvalue weighted by Crippen LogP contribution is -2.39. The minimum Gasteiger partial charge on any atom is -0.497 e. The van der Waals surface area contributed by atoms with Gasteiger partial charge in [0.25, 0.3) is 0 Å². The van der Waals surface area contributed by atoms with Gasteiger partial charge in [0.15, 0.2) is 5.96 Å². The topological polar surface area (TPSA) is 74.8 Å². The first-order valence-corrected chi connectivity index (χ1v) is 9.81. The van der Waals surface area contributed by atoms with Crippen molar-refractivity contribution in [2.75, 3.05) is 26.7 Å². The van der Waals surface area contributed by atoms with Crippen LogP contribution in [0.2, 0.25) is 0 Å². The van der Waals surface area contributed by atoms with E-state index in [1.54, 1.807) is 7.11 Å². The van der Waals surface area contributed by atoms with Crippen molar-refractivity contribution in [1.82, 2.24) is 16.0 Å². The van der Waals surface area contributed by atoms with Gasteiger partial charge in [-0.3, -0.25) is 4.79 Å². The zero-order valence-corrected chi connectivity index (χ0v) is 19.3. The summed E-state index contributed by atoms with van der Waals surface area (Å²) in [5.74, 6) is 1.39. The van der Waals surface area contributed by atoms with Crippen molar-refractivity contribution in [2.24, 2.45) is 4.99 Å². The molecule has 0 saturated carbocycles. The molecular weight excluding hydrogens is 467 g/mol. The van der Waals surface area contributed by atoms with E-state index in [0.717, 1.165) is 30.8 Å². The number of benzene rings is 1. The molecule has 2 rings (SSSR count). The van der Waals surface area contributed by atoms with Gasteiger partial charge in [0.1, 0.15) is 12.3 Å². The largest absolute Gasteiger partial charge is 0.497 e. The molecule has 6 nitrogen and oxygen atoms in total. The zero-order chi connectivity index (χ0) is 19.3. The van der Waals surface area contributed by atoms with Crippen LogP contribution >= 0.6 is 24.0 Å². The van der Waals surface area contributed by atoms with Crippen LogP contribution in [0.25, 0.3) is 0 Å². The summed E-state index contributed by atoms with van der Waals surface area (Å²) in [4.78, 5) is 16.4. The lowest BCUT2D eigenvalue weighted by Gasteiger charge is -2.15. The predicted molar refractivity (Wildman–Crippen MR) is 125 cm³/mol. The fourth-order valence-corrected chi connectivity index (χ4v) is 2.97. The molecule has 1 amide bonds. The third kappa shape index (κ3) is 9.43. The van der Waals surface area contributed by atoms with Crippen molar-refractivity contribution >= 4 is 35.8 Å². The lowest BCUT2D eigenvalue weighted by atomic mass is 9.97. The molecule has 28 heavy (non-hydrogen) atoms. The molecule has 0 bridgehead atoms. The summed E-state index contributed by atoms with van der Waals surface area (Å²) >= 11 is 0. The quantitative estimate of drug-likeness (QED) is 0.211. The van der Waals surface area contributed by atoms with Crippen molar-refractivity contribution in [3.8, 4) is 5.75 Å². The van der Waals surface area contributed by atoms with Gasteiger partial charge in [-0.05, 0) is 56.7 Å². The van der Waals surface area contributed by atoms with Gasteiger partial charge in [-0.2, -0.15) is 0 Å². The van der Waals surface area contributed by atoms with Gasteiger partial charge in [0.2, 0.25) is 5.91 Å². The van der Waals surface area contributed by atoms with Gasteiger partial charge in [0.05, 0.1) is 7.11 Å². The van der Waals surface area contributed by atoms with Crippen LogP contribution < -0.4 is 20.7 Å². The highest BCUT2D eigenvalue weighted by atomic mass is 127. The minimum atomic E-state index is -0.0991. The average Bonchev–Trinajstić information content (AvgIpc) is 2.71. The Hall–Kier alpha value is -1.77. The normalized spacial score (nSPS) is 13.8. The number of carbonyl (C=O) groups is 1. The van der Waals surface area contributed by atoms with E-state index in [1.807, 2.05) is 31.2 Å². The number of rotatable bonds is 9. The number of hydrogen-bond donors (Lipinski definition) is 3. The summed E-state index contributed by atoms with van der Waals surface area (Å²) < 4.78 is 5.13. The number of allylic oxidation sites excluding steroid dienone is 1. The van der Waals surface area contributed by atoms with Crippen molar-refractivity contribution in [2.45, 2.75) is 45.6 Å². The molecule has 0 aromatic heterocycles. The number of hydrogen-bond acceptors (Lipinski definition) is 3. The van der Waals surface area contributed by atoms with Crippen molar-refractivity contribution in [1.29, 1.82) is 0 Å². The maximum Gasteiger partial charge on any atom is 0.242 e. The molecule has 0 saturated heterocycles. The Labute approximate surface area is 185 Å². The van der Waals surface area contributed by atoms with E-state index in [9.17, 15) is 4.79 Å². The van der Waals surface area contributed by atoms with Gasteiger partial charge in [-0.1, -0.05) is 23.8 Å². The van der Waals surface area contributed by atoms with E-state index >= 15 is 0 Å². The molecule has 0 radical (unpaired) electrons. The Bertz CT molecular complexity index is 644. The van der Waals surface area contributed by atoms with Crippen LogP contribution in [0.1, 0.15) is 44.6 Å². The number of nitrogens with zero attached hydrogens (tertiary/aromatic N) is 1. The Kier molecular flexibility index (Phi) is 12.4. The first kappa shape index (κ1) is 24.3. The third-order valence-electron chi connectivity index (χ3n) is 4.50. The second-order valence-corrected chi connectivity index (χ2v) is 6.60. The van der Waals surface area contributed by atoms with Gasteiger partial charge in [0, 0.05) is 19.6 Å². The van der Waals surface area contributed by atoms with Crippen LogP contribution in [0.3, 0.4) is 0 Å². The van der Waals surface area contributed by atoms with Crippen LogP contribution in [0, 0.1) is 0 Å². The Balaban J connectivity index is 0.00000392. The van der Waals surface area contributed by atoms with E-state index in [0.29, 0.717) is 12.5 Å². The summed E-state index contributed by atoms with van der Waals surface area (Å²) in [6, 6.07) is 7.64. The van der Waals surface area contributed by atoms with Crippen molar-refractivity contribution in [3.05, 3.63) is 41.5 Å². The van der Waals surface area contributed by atoms with Crippen molar-refractivity contribution in [3.63, 3.8) is 0 Å². The van der Waals surface area contributed by atoms with Gasteiger partial charge in [-0.15, -0.1) is 24.0 Å². The van der Waals surface area contributed by atoms with Gasteiger partial charge in [-0.25, -0.2) is 4.99 Å². The van der Waals surface area contributed by atoms with Crippen LogP contribution in [-0.2, 0) is 11.3 Å². The molecule has 1 aliphatic rings. The molecule has 7 heteroatoms. The van der Waals surface area contributed by atoms with Crippen LogP contribution in [0.4, 0.5) is 0 Å². The molecule has 0 heterocycles. The van der Waals surface area contributed by atoms with E-state index in [4.69, 9.17) is 4.74 Å². The van der Waals surface area contributed by atoms with E-state index < -0.39 is 0 Å².